The molecule has 0 atom stereocenters. The zero-order valence-electron chi connectivity index (χ0n) is 11.0. The Bertz CT molecular complexity index is 532. The molecule has 0 fully saturated rings. The summed E-state index contributed by atoms with van der Waals surface area (Å²) in [6, 6.07) is 3.92. The second-order valence-corrected chi connectivity index (χ2v) is 3.75. The van der Waals surface area contributed by atoms with Gasteiger partial charge in [0.2, 0.25) is 0 Å². The van der Waals surface area contributed by atoms with Crippen molar-refractivity contribution in [2.45, 2.75) is 0 Å². The number of nitrogens with zero attached hydrogens (tertiary/aromatic N) is 3. The van der Waals surface area contributed by atoms with Crippen molar-refractivity contribution in [2.24, 2.45) is 16.1 Å². The SMILES string of the molecule is COc1ccc(NC(N)=O)cc1N=NN(C)CC(=O)[O-]. The molecule has 0 unspecified atom stereocenters. The summed E-state index contributed by atoms with van der Waals surface area (Å²) in [6.07, 6.45) is 0. The Labute approximate surface area is 115 Å². The first-order valence-electron chi connectivity index (χ1n) is 5.49. The number of urea groups is 1. The van der Waals surface area contributed by atoms with E-state index in [1.807, 2.05) is 0 Å². The van der Waals surface area contributed by atoms with Crippen LogP contribution in [0.5, 0.6) is 5.75 Å². The molecule has 0 radical (unpaired) electrons. The Hall–Kier alpha value is -2.84. The summed E-state index contributed by atoms with van der Waals surface area (Å²) in [5, 5.41) is 21.4. The van der Waals surface area contributed by atoms with E-state index in [1.54, 1.807) is 12.1 Å². The molecule has 0 saturated carbocycles. The highest BCUT2D eigenvalue weighted by Gasteiger charge is 2.05. The predicted molar refractivity (Wildman–Crippen MR) is 68.4 cm³/mol. The molecule has 9 nitrogen and oxygen atoms in total. The highest BCUT2D eigenvalue weighted by molar-refractivity contribution is 5.88. The van der Waals surface area contributed by atoms with Gasteiger partial charge in [-0.05, 0) is 18.2 Å². The summed E-state index contributed by atoms with van der Waals surface area (Å²) in [7, 11) is 2.87. The smallest absolute Gasteiger partial charge is 0.316 e. The molecule has 9 heteroatoms. The van der Waals surface area contributed by atoms with Crippen LogP contribution in [-0.4, -0.2) is 37.7 Å². The van der Waals surface area contributed by atoms with Crippen molar-refractivity contribution in [3.05, 3.63) is 18.2 Å². The van der Waals surface area contributed by atoms with Gasteiger partial charge in [-0.2, -0.15) is 0 Å². The van der Waals surface area contributed by atoms with Crippen molar-refractivity contribution in [3.63, 3.8) is 0 Å². The average Bonchev–Trinajstić information content (AvgIpc) is 2.35. The third-order valence-corrected chi connectivity index (χ3v) is 2.11. The zero-order chi connectivity index (χ0) is 15.1. The second kappa shape index (κ2) is 6.92. The highest BCUT2D eigenvalue weighted by atomic mass is 16.5. The van der Waals surface area contributed by atoms with Crippen LogP contribution in [0, 0.1) is 0 Å². The summed E-state index contributed by atoms with van der Waals surface area (Å²) in [6.45, 7) is -0.398. The van der Waals surface area contributed by atoms with Crippen LogP contribution in [-0.2, 0) is 4.79 Å². The van der Waals surface area contributed by atoms with Crippen LogP contribution in [0.3, 0.4) is 0 Å². The fourth-order valence-corrected chi connectivity index (χ4v) is 1.33. The maximum atomic E-state index is 10.8. The number of carbonyl (C=O) groups excluding carboxylic acids is 2. The lowest BCUT2D eigenvalue weighted by molar-refractivity contribution is -0.306. The van der Waals surface area contributed by atoms with Crippen LogP contribution in [0.1, 0.15) is 0 Å². The minimum absolute atomic E-state index is 0.309. The van der Waals surface area contributed by atoms with E-state index in [1.165, 1.54) is 20.2 Å². The number of primary amides is 1. The molecule has 0 aliphatic carbocycles. The largest absolute Gasteiger partial charge is 0.548 e. The number of carbonyl (C=O) groups is 2. The van der Waals surface area contributed by atoms with Crippen LogP contribution < -0.4 is 20.9 Å². The molecule has 0 saturated heterocycles. The average molecular weight is 280 g/mol. The molecule has 1 rings (SSSR count). The number of carboxylic acid groups (broad SMARTS) is 1. The van der Waals surface area contributed by atoms with Crippen molar-refractivity contribution in [1.82, 2.24) is 5.01 Å². The fourth-order valence-electron chi connectivity index (χ4n) is 1.33. The molecular weight excluding hydrogens is 266 g/mol. The molecule has 108 valence electrons. The van der Waals surface area contributed by atoms with Crippen LogP contribution in [0.4, 0.5) is 16.2 Å². The number of amides is 2. The van der Waals surface area contributed by atoms with E-state index >= 15 is 0 Å². The standard InChI is InChI=1S/C11H15N5O4/c1-16(6-10(17)18)15-14-8-5-7(13-11(12)19)3-4-9(8)20-2/h3-5H,6H2,1-2H3,(H,17,18)(H3,12,13,19)/p-1. The number of nitrogens with two attached hydrogens (primary N) is 1. The first kappa shape index (κ1) is 15.2. The van der Waals surface area contributed by atoms with Gasteiger partial charge in [-0.1, -0.05) is 5.22 Å². The summed E-state index contributed by atoms with van der Waals surface area (Å²) in [5.41, 5.74) is 5.73. The molecule has 0 aliphatic rings. The van der Waals surface area contributed by atoms with E-state index in [0.717, 1.165) is 5.01 Å². The minimum atomic E-state index is -1.28. The van der Waals surface area contributed by atoms with Gasteiger partial charge in [-0.25, -0.2) is 4.79 Å². The predicted octanol–water partition coefficient (Wildman–Crippen LogP) is -0.134. The topological polar surface area (TPSA) is 132 Å². The Morgan fingerprint density at radius 1 is 1.50 bits per heavy atom. The number of carboxylic acids is 1. The Morgan fingerprint density at radius 3 is 2.75 bits per heavy atom. The Kier molecular flexibility index (Phi) is 5.27. The van der Waals surface area contributed by atoms with E-state index in [9.17, 15) is 14.7 Å². The lowest BCUT2D eigenvalue weighted by atomic mass is 10.2. The third kappa shape index (κ3) is 4.80. The van der Waals surface area contributed by atoms with Gasteiger partial charge in [-0.3, -0.25) is 5.01 Å². The van der Waals surface area contributed by atoms with Crippen LogP contribution in [0.2, 0.25) is 0 Å². The summed E-state index contributed by atoms with van der Waals surface area (Å²) in [5.74, 6) is -0.867. The molecular formula is C11H14N5O4-. The molecule has 0 spiro atoms. The number of benzene rings is 1. The molecule has 3 N–H and O–H groups in total. The number of nitrogens with one attached hydrogen (secondary N) is 1. The molecule has 1 aromatic carbocycles. The maximum Gasteiger partial charge on any atom is 0.316 e. The molecule has 2 amide bonds. The van der Waals surface area contributed by atoms with Crippen LogP contribution in [0.15, 0.2) is 28.5 Å². The Morgan fingerprint density at radius 2 is 2.20 bits per heavy atom. The number of likely N-dealkylation sites (N-methyl/N-ethyl adjacent to an activating group) is 1. The summed E-state index contributed by atoms with van der Waals surface area (Å²) >= 11 is 0. The molecule has 1 aromatic rings. The van der Waals surface area contributed by atoms with Crippen molar-refractivity contribution in [3.8, 4) is 5.75 Å². The van der Waals surface area contributed by atoms with Crippen molar-refractivity contribution in [2.75, 3.05) is 26.0 Å². The maximum absolute atomic E-state index is 10.8. The minimum Gasteiger partial charge on any atom is -0.548 e. The zero-order valence-corrected chi connectivity index (χ0v) is 11.0. The highest BCUT2D eigenvalue weighted by Crippen LogP contribution is 2.30. The lowest BCUT2D eigenvalue weighted by Crippen LogP contribution is -2.33. The van der Waals surface area contributed by atoms with E-state index < -0.39 is 18.5 Å². The molecule has 0 bridgehead atoms. The molecule has 0 heterocycles. The van der Waals surface area contributed by atoms with Crippen LogP contribution in [0.25, 0.3) is 0 Å². The van der Waals surface area contributed by atoms with Crippen LogP contribution >= 0.6 is 0 Å². The number of hydrogen-bond donors (Lipinski definition) is 2. The van der Waals surface area contributed by atoms with Gasteiger partial charge in [0.25, 0.3) is 0 Å². The van der Waals surface area contributed by atoms with E-state index in [4.69, 9.17) is 10.5 Å². The van der Waals surface area contributed by atoms with Crippen molar-refractivity contribution in [1.29, 1.82) is 0 Å². The normalized spacial score (nSPS) is 10.3. The van der Waals surface area contributed by atoms with E-state index in [0.29, 0.717) is 17.1 Å². The van der Waals surface area contributed by atoms with Gasteiger partial charge in [0.05, 0.1) is 19.6 Å². The quantitative estimate of drug-likeness (QED) is 0.553. The Balaban J connectivity index is 2.93. The number of ether oxygens (including phenoxy) is 1. The van der Waals surface area contributed by atoms with Gasteiger partial charge < -0.3 is 25.7 Å². The van der Waals surface area contributed by atoms with Gasteiger partial charge in [0, 0.05) is 12.7 Å². The van der Waals surface area contributed by atoms with E-state index in [-0.39, 0.29) is 0 Å². The number of methoxy groups -OCH3 is 1. The summed E-state index contributed by atoms with van der Waals surface area (Å²) in [4.78, 5) is 21.1. The van der Waals surface area contributed by atoms with Crippen molar-refractivity contribution >= 4 is 23.4 Å². The van der Waals surface area contributed by atoms with Gasteiger partial charge >= 0.3 is 6.03 Å². The lowest BCUT2D eigenvalue weighted by Gasteiger charge is -2.12. The van der Waals surface area contributed by atoms with Gasteiger partial charge in [0.15, 0.2) is 0 Å². The number of anilines is 1. The number of aliphatic carboxylic acids is 1. The van der Waals surface area contributed by atoms with Gasteiger partial charge in [-0.15, -0.1) is 5.11 Å². The summed E-state index contributed by atoms with van der Waals surface area (Å²) < 4.78 is 5.07. The number of rotatable bonds is 6. The molecule has 20 heavy (non-hydrogen) atoms. The molecule has 0 aliphatic heterocycles. The second-order valence-electron chi connectivity index (χ2n) is 3.75. The first-order valence-corrected chi connectivity index (χ1v) is 5.49. The first-order chi connectivity index (χ1) is 9.42. The number of hydrogen-bond acceptors (Lipinski definition) is 6. The van der Waals surface area contributed by atoms with Gasteiger partial charge in [0.1, 0.15) is 11.4 Å². The molecule has 0 aromatic heterocycles. The van der Waals surface area contributed by atoms with E-state index in [2.05, 4.69) is 15.7 Å². The monoisotopic (exact) mass is 280 g/mol. The van der Waals surface area contributed by atoms with Crippen molar-refractivity contribution < 1.29 is 19.4 Å². The fraction of sp³-hybridized carbons (Fsp3) is 0.273. The third-order valence-electron chi connectivity index (χ3n) is 2.11.